The largest absolute Gasteiger partial charge is 0.496 e. The fourth-order valence-corrected chi connectivity index (χ4v) is 3.88. The highest BCUT2D eigenvalue weighted by molar-refractivity contribution is 5.76. The number of fused-ring (bicyclic) bond motifs is 1. The van der Waals surface area contributed by atoms with Crippen LogP contribution in [-0.4, -0.2) is 57.3 Å². The number of rotatable bonds is 7. The summed E-state index contributed by atoms with van der Waals surface area (Å²) in [5.41, 5.74) is 3.70. The highest BCUT2D eigenvalue weighted by atomic mass is 16.5. The predicted octanol–water partition coefficient (Wildman–Crippen LogP) is 1.96. The number of methoxy groups -OCH3 is 1. The van der Waals surface area contributed by atoms with E-state index >= 15 is 0 Å². The summed E-state index contributed by atoms with van der Waals surface area (Å²) in [5.74, 6) is 1.21. The molecular weight excluding hydrogens is 368 g/mol. The van der Waals surface area contributed by atoms with E-state index in [9.17, 15) is 4.79 Å². The molecule has 1 aromatic carbocycles. The zero-order chi connectivity index (χ0) is 20.2. The van der Waals surface area contributed by atoms with Gasteiger partial charge in [-0.1, -0.05) is 18.2 Å². The molecule has 1 aliphatic rings. The van der Waals surface area contributed by atoms with Crippen molar-refractivity contribution in [2.24, 2.45) is 0 Å². The Kier molecular flexibility index (Phi) is 5.71. The van der Waals surface area contributed by atoms with Crippen LogP contribution in [0.1, 0.15) is 30.5 Å². The first-order chi connectivity index (χ1) is 14.2. The number of likely N-dealkylation sites (tertiary alicyclic amines) is 1. The van der Waals surface area contributed by atoms with Crippen LogP contribution in [0.15, 0.2) is 36.7 Å². The van der Waals surface area contributed by atoms with Crippen molar-refractivity contribution in [1.82, 2.24) is 30.0 Å². The molecule has 1 N–H and O–H groups in total. The minimum Gasteiger partial charge on any atom is -0.496 e. The zero-order valence-electron chi connectivity index (χ0n) is 16.8. The monoisotopic (exact) mass is 394 g/mol. The third-order valence-electron chi connectivity index (χ3n) is 5.42. The Labute approximate surface area is 169 Å². The minimum atomic E-state index is 0.114. The molecule has 152 valence electrons. The van der Waals surface area contributed by atoms with Crippen molar-refractivity contribution in [1.29, 1.82) is 0 Å². The fourth-order valence-electron chi connectivity index (χ4n) is 3.88. The summed E-state index contributed by atoms with van der Waals surface area (Å²) >= 11 is 0. The Bertz CT molecular complexity index is 1000. The van der Waals surface area contributed by atoms with Crippen LogP contribution in [0.4, 0.5) is 0 Å². The third kappa shape index (κ3) is 4.07. The molecule has 3 aromatic rings. The van der Waals surface area contributed by atoms with Crippen LogP contribution in [-0.2, 0) is 17.9 Å². The topological polar surface area (TPSA) is 85.2 Å². The fraction of sp³-hybridized carbons (Fsp3) is 0.429. The number of hydrogen-bond donors (Lipinski definition) is 1. The van der Waals surface area contributed by atoms with Crippen LogP contribution in [0.3, 0.4) is 0 Å². The Morgan fingerprint density at radius 2 is 2.10 bits per heavy atom. The first-order valence-corrected chi connectivity index (χ1v) is 9.93. The first kappa shape index (κ1) is 19.3. The summed E-state index contributed by atoms with van der Waals surface area (Å²) in [5, 5.41) is 8.28. The number of hydrogen-bond acceptors (Lipinski definition) is 6. The predicted molar refractivity (Wildman–Crippen MR) is 110 cm³/mol. The van der Waals surface area contributed by atoms with E-state index in [0.29, 0.717) is 13.1 Å². The molecule has 8 heteroatoms. The second-order valence-electron chi connectivity index (χ2n) is 7.28. The lowest BCUT2D eigenvalue weighted by atomic mass is 10.0. The lowest BCUT2D eigenvalue weighted by molar-refractivity contribution is -0.127. The van der Waals surface area contributed by atoms with Gasteiger partial charge in [0.15, 0.2) is 5.65 Å². The number of para-hydroxylation sites is 1. The third-order valence-corrected chi connectivity index (χ3v) is 5.42. The van der Waals surface area contributed by atoms with Crippen LogP contribution in [0.2, 0.25) is 0 Å². The van der Waals surface area contributed by atoms with Crippen LogP contribution < -0.4 is 10.1 Å². The molecule has 3 heterocycles. The van der Waals surface area contributed by atoms with E-state index < -0.39 is 0 Å². The van der Waals surface area contributed by atoms with Crippen LogP contribution in [0.25, 0.3) is 11.2 Å². The van der Waals surface area contributed by atoms with Gasteiger partial charge in [0.1, 0.15) is 11.3 Å². The van der Waals surface area contributed by atoms with Gasteiger partial charge >= 0.3 is 0 Å². The second-order valence-corrected chi connectivity index (χ2v) is 7.28. The molecule has 0 bridgehead atoms. The van der Waals surface area contributed by atoms with Crippen molar-refractivity contribution >= 4 is 17.1 Å². The summed E-state index contributed by atoms with van der Waals surface area (Å²) < 4.78 is 7.32. The standard InChI is InChI=1S/C21H26N6O2/c1-15(28)26-11-7-17(14-26)19-20-21(24-9-8-23-20)27(25-19)12-10-22-13-16-5-3-4-6-18(16)29-2/h3-6,8-9,17,22H,7,10-14H2,1-2H3/t17-/m0/s1. The molecule has 0 radical (unpaired) electrons. The van der Waals surface area contributed by atoms with E-state index in [0.717, 1.165) is 54.2 Å². The highest BCUT2D eigenvalue weighted by Crippen LogP contribution is 2.30. The Morgan fingerprint density at radius 3 is 2.90 bits per heavy atom. The SMILES string of the molecule is COc1ccccc1CNCCn1nc([C@H]2CCN(C(C)=O)C2)c2nccnc21. The van der Waals surface area contributed by atoms with Gasteiger partial charge in [-0.2, -0.15) is 5.10 Å². The molecule has 0 aliphatic carbocycles. The van der Waals surface area contributed by atoms with Crippen molar-refractivity contribution in [2.75, 3.05) is 26.7 Å². The van der Waals surface area contributed by atoms with Gasteiger partial charge in [-0.05, 0) is 12.5 Å². The summed E-state index contributed by atoms with van der Waals surface area (Å²) in [6, 6.07) is 7.99. The van der Waals surface area contributed by atoms with E-state index in [1.807, 2.05) is 27.8 Å². The molecule has 2 aromatic heterocycles. The van der Waals surface area contributed by atoms with Crippen molar-refractivity contribution in [2.45, 2.75) is 32.4 Å². The van der Waals surface area contributed by atoms with E-state index in [1.54, 1.807) is 26.4 Å². The smallest absolute Gasteiger partial charge is 0.219 e. The van der Waals surface area contributed by atoms with Crippen LogP contribution in [0.5, 0.6) is 5.75 Å². The lowest BCUT2D eigenvalue weighted by Gasteiger charge is -2.12. The minimum absolute atomic E-state index is 0.114. The van der Waals surface area contributed by atoms with Gasteiger partial charge in [0.05, 0.1) is 19.3 Å². The van der Waals surface area contributed by atoms with E-state index in [-0.39, 0.29) is 11.8 Å². The number of ether oxygens (including phenoxy) is 1. The Hall–Kier alpha value is -3.00. The van der Waals surface area contributed by atoms with Gasteiger partial charge in [-0.15, -0.1) is 0 Å². The molecule has 8 nitrogen and oxygen atoms in total. The quantitative estimate of drug-likeness (QED) is 0.617. The van der Waals surface area contributed by atoms with Crippen molar-refractivity contribution in [3.8, 4) is 5.75 Å². The van der Waals surface area contributed by atoms with Crippen molar-refractivity contribution in [3.63, 3.8) is 0 Å². The number of aromatic nitrogens is 4. The molecule has 1 amide bonds. The van der Waals surface area contributed by atoms with Crippen molar-refractivity contribution in [3.05, 3.63) is 47.9 Å². The van der Waals surface area contributed by atoms with Gasteiger partial charge in [0, 0.05) is 57.0 Å². The van der Waals surface area contributed by atoms with E-state index in [1.165, 1.54) is 0 Å². The van der Waals surface area contributed by atoms with E-state index in [4.69, 9.17) is 9.84 Å². The summed E-state index contributed by atoms with van der Waals surface area (Å²) in [6.45, 7) is 5.24. The first-order valence-electron chi connectivity index (χ1n) is 9.93. The molecule has 1 saturated heterocycles. The van der Waals surface area contributed by atoms with E-state index in [2.05, 4.69) is 21.4 Å². The summed E-state index contributed by atoms with van der Waals surface area (Å²) in [6.07, 6.45) is 4.31. The lowest BCUT2D eigenvalue weighted by Crippen LogP contribution is -2.25. The molecular formula is C21H26N6O2. The van der Waals surface area contributed by atoms with Gasteiger partial charge in [0.25, 0.3) is 0 Å². The average molecular weight is 394 g/mol. The molecule has 1 atom stereocenters. The van der Waals surface area contributed by atoms with Crippen molar-refractivity contribution < 1.29 is 9.53 Å². The molecule has 1 aliphatic heterocycles. The molecule has 4 rings (SSSR count). The Morgan fingerprint density at radius 1 is 1.28 bits per heavy atom. The number of carbonyl (C=O) groups excluding carboxylic acids is 1. The average Bonchev–Trinajstić information content (AvgIpc) is 3.37. The maximum atomic E-state index is 11.7. The summed E-state index contributed by atoms with van der Waals surface area (Å²) in [4.78, 5) is 22.6. The molecule has 29 heavy (non-hydrogen) atoms. The molecule has 0 unspecified atom stereocenters. The number of benzene rings is 1. The zero-order valence-corrected chi connectivity index (χ0v) is 16.8. The number of amides is 1. The number of nitrogens with one attached hydrogen (secondary N) is 1. The normalized spacial score (nSPS) is 16.5. The maximum absolute atomic E-state index is 11.7. The number of nitrogens with zero attached hydrogens (tertiary/aromatic N) is 5. The maximum Gasteiger partial charge on any atom is 0.219 e. The highest BCUT2D eigenvalue weighted by Gasteiger charge is 2.30. The molecule has 1 fully saturated rings. The number of carbonyl (C=O) groups is 1. The van der Waals surface area contributed by atoms with Gasteiger partial charge < -0.3 is 15.0 Å². The molecule has 0 spiro atoms. The molecule has 0 saturated carbocycles. The van der Waals surface area contributed by atoms with Gasteiger partial charge in [-0.25, -0.2) is 14.6 Å². The van der Waals surface area contributed by atoms with Crippen LogP contribution in [0, 0.1) is 0 Å². The van der Waals surface area contributed by atoms with Gasteiger partial charge in [-0.3, -0.25) is 4.79 Å². The van der Waals surface area contributed by atoms with Crippen LogP contribution >= 0.6 is 0 Å². The Balaban J connectivity index is 1.45. The van der Waals surface area contributed by atoms with Gasteiger partial charge in [0.2, 0.25) is 5.91 Å². The second kappa shape index (κ2) is 8.57. The summed E-state index contributed by atoms with van der Waals surface area (Å²) in [7, 11) is 1.69.